The molecule has 3 aromatic carbocycles. The summed E-state index contributed by atoms with van der Waals surface area (Å²) in [7, 11) is 6.50. The van der Waals surface area contributed by atoms with E-state index >= 15 is 0 Å². The zero-order chi connectivity index (χ0) is 21.9. The summed E-state index contributed by atoms with van der Waals surface area (Å²) in [5, 5.41) is 0. The number of ether oxygens (including phenoxy) is 4. The number of para-hydroxylation sites is 1. The van der Waals surface area contributed by atoms with Gasteiger partial charge in [0.15, 0.2) is 11.5 Å². The van der Waals surface area contributed by atoms with Crippen LogP contribution in [0, 0.1) is 13.8 Å². The van der Waals surface area contributed by atoms with Gasteiger partial charge >= 0.3 is 0 Å². The zero-order valence-corrected chi connectivity index (χ0v) is 19.3. The fourth-order valence-corrected chi connectivity index (χ4v) is 3.87. The average molecular weight is 427 g/mol. The summed E-state index contributed by atoms with van der Waals surface area (Å²) < 4.78 is 20.7. The first-order valence-electron chi connectivity index (χ1n) is 9.61. The number of thioether (sulfide) groups is 1. The predicted molar refractivity (Wildman–Crippen MR) is 125 cm³/mol. The SMILES string of the molecule is COc1cccc(C)c1CSc1ccc(C)cc1.COc1cccc(OC)c1OC. The molecule has 3 rings (SSSR count). The minimum absolute atomic E-state index is 0.627. The highest BCUT2D eigenvalue weighted by Gasteiger charge is 2.08. The number of methoxy groups -OCH3 is 4. The Bertz CT molecular complexity index is 901. The van der Waals surface area contributed by atoms with E-state index in [0.717, 1.165) is 11.5 Å². The second kappa shape index (κ2) is 12.0. The summed E-state index contributed by atoms with van der Waals surface area (Å²) in [6, 6.07) is 20.3. The molecule has 0 N–H and O–H groups in total. The van der Waals surface area contributed by atoms with Crippen LogP contribution in [0.3, 0.4) is 0 Å². The third-order valence-electron chi connectivity index (χ3n) is 4.58. The maximum atomic E-state index is 5.42. The Labute approximate surface area is 184 Å². The van der Waals surface area contributed by atoms with E-state index in [4.69, 9.17) is 18.9 Å². The van der Waals surface area contributed by atoms with Crippen molar-refractivity contribution in [3.8, 4) is 23.0 Å². The van der Waals surface area contributed by atoms with E-state index < -0.39 is 0 Å². The lowest BCUT2D eigenvalue weighted by Gasteiger charge is -2.11. The van der Waals surface area contributed by atoms with Gasteiger partial charge < -0.3 is 18.9 Å². The summed E-state index contributed by atoms with van der Waals surface area (Å²) in [5.41, 5.74) is 3.87. The van der Waals surface area contributed by atoms with Gasteiger partial charge in [0.25, 0.3) is 0 Å². The van der Waals surface area contributed by atoms with Gasteiger partial charge in [-0.05, 0) is 49.7 Å². The Morgan fingerprint density at radius 1 is 0.633 bits per heavy atom. The van der Waals surface area contributed by atoms with Crippen molar-refractivity contribution in [2.24, 2.45) is 0 Å². The fraction of sp³-hybridized carbons (Fsp3) is 0.280. The summed E-state index contributed by atoms with van der Waals surface area (Å²) in [5.74, 6) is 3.91. The van der Waals surface area contributed by atoms with Crippen molar-refractivity contribution >= 4 is 11.8 Å². The Hall–Kier alpha value is -2.79. The Kier molecular flexibility index (Phi) is 9.42. The molecule has 0 aliphatic rings. The van der Waals surface area contributed by atoms with Crippen molar-refractivity contribution in [3.63, 3.8) is 0 Å². The molecule has 0 saturated carbocycles. The van der Waals surface area contributed by atoms with Crippen LogP contribution in [0.4, 0.5) is 0 Å². The van der Waals surface area contributed by atoms with Crippen LogP contribution < -0.4 is 18.9 Å². The van der Waals surface area contributed by atoms with Crippen LogP contribution in [0.2, 0.25) is 0 Å². The van der Waals surface area contributed by atoms with E-state index in [-0.39, 0.29) is 0 Å². The molecule has 3 aromatic rings. The van der Waals surface area contributed by atoms with Crippen LogP contribution in [0.1, 0.15) is 16.7 Å². The topological polar surface area (TPSA) is 36.9 Å². The highest BCUT2D eigenvalue weighted by Crippen LogP contribution is 2.36. The van der Waals surface area contributed by atoms with Gasteiger partial charge in [0, 0.05) is 16.2 Å². The monoisotopic (exact) mass is 426 g/mol. The summed E-state index contributed by atoms with van der Waals surface area (Å²) in [4.78, 5) is 1.30. The molecule has 0 saturated heterocycles. The van der Waals surface area contributed by atoms with Crippen molar-refractivity contribution in [2.75, 3.05) is 28.4 Å². The molecule has 0 unspecified atom stereocenters. The van der Waals surface area contributed by atoms with E-state index in [1.165, 1.54) is 21.6 Å². The maximum Gasteiger partial charge on any atom is 0.203 e. The molecule has 0 aliphatic heterocycles. The smallest absolute Gasteiger partial charge is 0.203 e. The largest absolute Gasteiger partial charge is 0.496 e. The maximum absolute atomic E-state index is 5.42. The average Bonchev–Trinajstić information content (AvgIpc) is 2.78. The minimum atomic E-state index is 0.627. The van der Waals surface area contributed by atoms with Crippen LogP contribution >= 0.6 is 11.8 Å². The number of rotatable bonds is 7. The second-order valence-corrected chi connectivity index (χ2v) is 7.60. The number of benzene rings is 3. The lowest BCUT2D eigenvalue weighted by Crippen LogP contribution is -1.93. The standard InChI is InChI=1S/C16H18OS.C9H12O3/c1-12-7-9-14(10-8-12)18-11-15-13(2)5-4-6-16(15)17-3;1-10-7-5-4-6-8(11-2)9(7)12-3/h4-10H,11H2,1-3H3;4-6H,1-3H3. The summed E-state index contributed by atoms with van der Waals surface area (Å²) >= 11 is 1.85. The second-order valence-electron chi connectivity index (χ2n) is 6.55. The van der Waals surface area contributed by atoms with Gasteiger partial charge in [0.1, 0.15) is 5.75 Å². The van der Waals surface area contributed by atoms with E-state index in [1.807, 2.05) is 42.1 Å². The molecule has 160 valence electrons. The number of hydrogen-bond donors (Lipinski definition) is 0. The lowest BCUT2D eigenvalue weighted by atomic mass is 10.1. The van der Waals surface area contributed by atoms with Gasteiger partial charge in [-0.1, -0.05) is 35.9 Å². The van der Waals surface area contributed by atoms with Gasteiger partial charge in [0.2, 0.25) is 5.75 Å². The highest BCUT2D eigenvalue weighted by molar-refractivity contribution is 7.98. The van der Waals surface area contributed by atoms with Crippen molar-refractivity contribution in [1.82, 2.24) is 0 Å². The van der Waals surface area contributed by atoms with E-state index in [9.17, 15) is 0 Å². The van der Waals surface area contributed by atoms with Crippen molar-refractivity contribution in [3.05, 3.63) is 77.4 Å². The molecule has 0 amide bonds. The third-order valence-corrected chi connectivity index (χ3v) is 5.62. The quantitative estimate of drug-likeness (QED) is 0.413. The highest BCUT2D eigenvalue weighted by atomic mass is 32.2. The molecule has 0 bridgehead atoms. The van der Waals surface area contributed by atoms with Crippen LogP contribution in [-0.4, -0.2) is 28.4 Å². The van der Waals surface area contributed by atoms with Gasteiger partial charge in [-0.2, -0.15) is 0 Å². The van der Waals surface area contributed by atoms with E-state index in [0.29, 0.717) is 17.2 Å². The Balaban J connectivity index is 0.000000232. The van der Waals surface area contributed by atoms with Crippen LogP contribution in [0.25, 0.3) is 0 Å². The molecule has 0 radical (unpaired) electrons. The molecule has 0 atom stereocenters. The molecule has 4 nitrogen and oxygen atoms in total. The van der Waals surface area contributed by atoms with Crippen LogP contribution in [0.15, 0.2) is 65.6 Å². The van der Waals surface area contributed by atoms with E-state index in [2.05, 4.69) is 44.2 Å². The summed E-state index contributed by atoms with van der Waals surface area (Å²) in [6.45, 7) is 4.24. The van der Waals surface area contributed by atoms with Gasteiger partial charge in [-0.3, -0.25) is 0 Å². The van der Waals surface area contributed by atoms with Crippen molar-refractivity contribution in [1.29, 1.82) is 0 Å². The zero-order valence-electron chi connectivity index (χ0n) is 18.5. The van der Waals surface area contributed by atoms with E-state index in [1.54, 1.807) is 28.4 Å². The third kappa shape index (κ3) is 6.36. The molecular weight excluding hydrogens is 396 g/mol. The van der Waals surface area contributed by atoms with Crippen molar-refractivity contribution in [2.45, 2.75) is 24.5 Å². The molecule has 0 spiro atoms. The van der Waals surface area contributed by atoms with Gasteiger partial charge in [-0.25, -0.2) is 0 Å². The molecule has 30 heavy (non-hydrogen) atoms. The van der Waals surface area contributed by atoms with Gasteiger partial charge in [-0.15, -0.1) is 11.8 Å². The first kappa shape index (κ1) is 23.5. The van der Waals surface area contributed by atoms with Crippen LogP contribution in [0.5, 0.6) is 23.0 Å². The number of hydrogen-bond acceptors (Lipinski definition) is 5. The first-order chi connectivity index (χ1) is 14.5. The first-order valence-corrected chi connectivity index (χ1v) is 10.6. The van der Waals surface area contributed by atoms with Gasteiger partial charge in [0.05, 0.1) is 28.4 Å². The minimum Gasteiger partial charge on any atom is -0.496 e. The Morgan fingerprint density at radius 2 is 1.17 bits per heavy atom. The molecule has 0 aromatic heterocycles. The van der Waals surface area contributed by atoms with Crippen LogP contribution in [-0.2, 0) is 5.75 Å². The molecule has 0 aliphatic carbocycles. The molecule has 5 heteroatoms. The number of aryl methyl sites for hydroxylation is 2. The Morgan fingerprint density at radius 3 is 1.70 bits per heavy atom. The lowest BCUT2D eigenvalue weighted by molar-refractivity contribution is 0.324. The molecule has 0 fully saturated rings. The predicted octanol–water partition coefficient (Wildman–Crippen LogP) is 6.32. The summed E-state index contributed by atoms with van der Waals surface area (Å²) in [6.07, 6.45) is 0. The molecular formula is C25H30O4S. The molecule has 0 heterocycles. The van der Waals surface area contributed by atoms with Crippen molar-refractivity contribution < 1.29 is 18.9 Å². The normalized spacial score (nSPS) is 9.93. The fourth-order valence-electron chi connectivity index (χ4n) is 2.86.